The highest BCUT2D eigenvalue weighted by atomic mass is 14.6. The average Bonchev–Trinajstić information content (AvgIpc) is 2.79. The van der Waals surface area contributed by atoms with Crippen molar-refractivity contribution in [3.05, 3.63) is 76.8 Å². The van der Waals surface area contributed by atoms with E-state index in [1.807, 2.05) is 0 Å². The Hall–Kier alpha value is -1.60. The van der Waals surface area contributed by atoms with Crippen LogP contribution in [0.15, 0.2) is 48.5 Å². The van der Waals surface area contributed by atoms with Gasteiger partial charge < -0.3 is 5.73 Å². The molecule has 1 heteroatoms. The molecule has 0 aliphatic heterocycles. The summed E-state index contributed by atoms with van der Waals surface area (Å²) < 4.78 is 0. The molecule has 0 saturated heterocycles. The first kappa shape index (κ1) is 24.7. The van der Waals surface area contributed by atoms with Gasteiger partial charge >= 0.3 is 0 Å². The van der Waals surface area contributed by atoms with Crippen LogP contribution in [0.25, 0.3) is 0 Å². The molecule has 0 fully saturated rings. The second kappa shape index (κ2) is 15.2. The molecule has 0 spiro atoms. The van der Waals surface area contributed by atoms with Crippen LogP contribution in [-0.2, 0) is 12.8 Å². The summed E-state index contributed by atoms with van der Waals surface area (Å²) in [4.78, 5) is 0. The summed E-state index contributed by atoms with van der Waals surface area (Å²) in [6.07, 6.45) is 18.6. The number of hydrogen-bond donors (Lipinski definition) is 1. The highest BCUT2D eigenvalue weighted by Crippen LogP contribution is 2.21. The third kappa shape index (κ3) is 9.47. The largest absolute Gasteiger partial charge is 0.316 e. The van der Waals surface area contributed by atoms with Crippen LogP contribution in [0.2, 0.25) is 0 Å². The van der Waals surface area contributed by atoms with E-state index in [1.54, 1.807) is 0 Å². The van der Waals surface area contributed by atoms with E-state index in [0.717, 1.165) is 17.2 Å². The number of unbranched alkanes of at least 4 members (excludes halogenated alkanes) is 10. The van der Waals surface area contributed by atoms with E-state index in [2.05, 4.69) is 62.4 Å². The van der Waals surface area contributed by atoms with Crippen molar-refractivity contribution in [2.75, 3.05) is 0 Å². The fourth-order valence-corrected chi connectivity index (χ4v) is 4.09. The summed E-state index contributed by atoms with van der Waals surface area (Å²) in [5.74, 6) is 0. The van der Waals surface area contributed by atoms with Crippen LogP contribution in [0.5, 0.6) is 0 Å². The smallest absolute Gasteiger partial charge is 0.0933 e. The quantitative estimate of drug-likeness (QED) is 0.278. The van der Waals surface area contributed by atoms with Crippen molar-refractivity contribution in [1.29, 1.82) is 0 Å². The molecule has 2 aromatic carbocycles. The van der Waals surface area contributed by atoms with Crippen molar-refractivity contribution < 1.29 is 0 Å². The predicted octanol–water partition coefficient (Wildman–Crippen LogP) is 8.38. The number of aryl methyl sites for hydroxylation is 2. The molecule has 165 valence electrons. The first-order valence-corrected chi connectivity index (χ1v) is 12.6. The van der Waals surface area contributed by atoms with Crippen molar-refractivity contribution >= 4 is 0 Å². The van der Waals surface area contributed by atoms with Gasteiger partial charge in [0.05, 0.1) is 6.04 Å². The van der Waals surface area contributed by atoms with Crippen molar-refractivity contribution in [2.24, 2.45) is 5.73 Å². The fraction of sp³-hybridized carbons (Fsp3) is 0.552. The monoisotopic (exact) mass is 406 g/mol. The second-order valence-electron chi connectivity index (χ2n) is 8.84. The molecule has 30 heavy (non-hydrogen) atoms. The van der Waals surface area contributed by atoms with Gasteiger partial charge in [-0.2, -0.15) is 0 Å². The third-order valence-electron chi connectivity index (χ3n) is 6.17. The Kier molecular flexibility index (Phi) is 12.5. The van der Waals surface area contributed by atoms with E-state index in [4.69, 9.17) is 5.73 Å². The summed E-state index contributed by atoms with van der Waals surface area (Å²) in [6, 6.07) is 18.6. The molecule has 0 amide bonds. The molecule has 0 atom stereocenters. The highest BCUT2D eigenvalue weighted by Gasteiger charge is 2.10. The lowest BCUT2D eigenvalue weighted by molar-refractivity contribution is 0.607. The number of benzene rings is 2. The zero-order valence-corrected chi connectivity index (χ0v) is 19.6. The molecule has 2 N–H and O–H groups in total. The molecule has 1 radical (unpaired) electrons. The maximum Gasteiger partial charge on any atom is 0.0933 e. The molecule has 0 aromatic heterocycles. The molecule has 2 rings (SSSR count). The van der Waals surface area contributed by atoms with Gasteiger partial charge in [-0.05, 0) is 47.9 Å². The Morgan fingerprint density at radius 1 is 0.500 bits per heavy atom. The zero-order valence-electron chi connectivity index (χ0n) is 19.6. The predicted molar refractivity (Wildman–Crippen MR) is 133 cm³/mol. The minimum Gasteiger partial charge on any atom is -0.316 e. The van der Waals surface area contributed by atoms with E-state index < -0.39 is 0 Å². The molecule has 2 aromatic rings. The average molecular weight is 407 g/mol. The van der Waals surface area contributed by atoms with Crippen LogP contribution in [0.3, 0.4) is 0 Å². The van der Waals surface area contributed by atoms with Crippen molar-refractivity contribution in [3.63, 3.8) is 0 Å². The van der Waals surface area contributed by atoms with Gasteiger partial charge in [0.2, 0.25) is 0 Å². The molecule has 0 bridgehead atoms. The molecule has 0 aliphatic rings. The summed E-state index contributed by atoms with van der Waals surface area (Å²) >= 11 is 0. The topological polar surface area (TPSA) is 26.0 Å². The molecule has 1 nitrogen and oxygen atoms in total. The van der Waals surface area contributed by atoms with E-state index in [1.165, 1.54) is 101 Å². The van der Waals surface area contributed by atoms with Gasteiger partial charge in [-0.3, -0.25) is 0 Å². The van der Waals surface area contributed by atoms with Gasteiger partial charge in [0, 0.05) is 0 Å². The Morgan fingerprint density at radius 3 is 1.20 bits per heavy atom. The molecular formula is C29H44N. The van der Waals surface area contributed by atoms with E-state index >= 15 is 0 Å². The number of rotatable bonds is 16. The lowest BCUT2D eigenvalue weighted by Crippen LogP contribution is -2.13. The summed E-state index contributed by atoms with van der Waals surface area (Å²) in [7, 11) is 0. The van der Waals surface area contributed by atoms with Gasteiger partial charge in [-0.25, -0.2) is 0 Å². The number of hydrogen-bond acceptors (Lipinski definition) is 1. The maximum atomic E-state index is 6.47. The standard InChI is InChI=1S/C29H44N/c1-3-5-7-9-11-13-15-25-17-21-27(22-18-25)29(30)28-23-19-26(20-24-28)16-14-12-10-8-6-4-2/h17-24H,3-16,30H2,1-2H3. The summed E-state index contributed by atoms with van der Waals surface area (Å²) in [5, 5.41) is 0. The maximum absolute atomic E-state index is 6.47. The van der Waals surface area contributed by atoms with Crippen LogP contribution >= 0.6 is 0 Å². The fourth-order valence-electron chi connectivity index (χ4n) is 4.09. The zero-order chi connectivity index (χ0) is 21.4. The van der Waals surface area contributed by atoms with Crippen LogP contribution in [0, 0.1) is 6.04 Å². The Balaban J connectivity index is 1.74. The van der Waals surface area contributed by atoms with Crippen molar-refractivity contribution in [2.45, 2.75) is 104 Å². The third-order valence-corrected chi connectivity index (χ3v) is 6.17. The molecule has 0 unspecified atom stereocenters. The summed E-state index contributed by atoms with van der Waals surface area (Å²) in [6.45, 7) is 4.55. The lowest BCUT2D eigenvalue weighted by Gasteiger charge is -2.13. The summed E-state index contributed by atoms with van der Waals surface area (Å²) in [5.41, 5.74) is 11.6. The van der Waals surface area contributed by atoms with Crippen LogP contribution < -0.4 is 5.73 Å². The first-order valence-electron chi connectivity index (χ1n) is 12.6. The minimum absolute atomic E-state index is 0.882. The van der Waals surface area contributed by atoms with Gasteiger partial charge in [-0.15, -0.1) is 0 Å². The van der Waals surface area contributed by atoms with Gasteiger partial charge in [-0.1, -0.05) is 127 Å². The van der Waals surface area contributed by atoms with E-state index in [-0.39, 0.29) is 0 Å². The Morgan fingerprint density at radius 2 is 0.833 bits per heavy atom. The second-order valence-corrected chi connectivity index (χ2v) is 8.84. The van der Waals surface area contributed by atoms with Gasteiger partial charge in [0.25, 0.3) is 0 Å². The van der Waals surface area contributed by atoms with Crippen LogP contribution in [-0.4, -0.2) is 0 Å². The SMILES string of the molecule is CCCCCCCCc1ccc([C](N)c2ccc(CCCCCCCC)cc2)cc1. The Labute approximate surface area is 186 Å². The van der Waals surface area contributed by atoms with E-state index in [9.17, 15) is 0 Å². The molecular weight excluding hydrogens is 362 g/mol. The number of nitrogens with two attached hydrogens (primary N) is 1. The molecule has 0 heterocycles. The van der Waals surface area contributed by atoms with Crippen LogP contribution in [0.4, 0.5) is 0 Å². The van der Waals surface area contributed by atoms with E-state index in [0.29, 0.717) is 0 Å². The highest BCUT2D eigenvalue weighted by molar-refractivity contribution is 5.45. The normalized spacial score (nSPS) is 11.3. The van der Waals surface area contributed by atoms with Crippen molar-refractivity contribution in [3.8, 4) is 0 Å². The molecule has 0 saturated carbocycles. The Bertz CT molecular complexity index is 596. The molecule has 0 aliphatic carbocycles. The lowest BCUT2D eigenvalue weighted by atomic mass is 9.95. The first-order chi connectivity index (χ1) is 14.7. The minimum atomic E-state index is 0.882. The van der Waals surface area contributed by atoms with Gasteiger partial charge in [0.15, 0.2) is 0 Å². The van der Waals surface area contributed by atoms with Crippen LogP contribution in [0.1, 0.15) is 113 Å². The van der Waals surface area contributed by atoms with Gasteiger partial charge in [0.1, 0.15) is 0 Å². The van der Waals surface area contributed by atoms with Crippen molar-refractivity contribution in [1.82, 2.24) is 0 Å².